The maximum absolute atomic E-state index is 13.2. The fraction of sp³-hybridized carbons (Fsp3) is 0.750. The van der Waals surface area contributed by atoms with Gasteiger partial charge in [0.25, 0.3) is 0 Å². The van der Waals surface area contributed by atoms with Gasteiger partial charge in [0.1, 0.15) is 10.9 Å². The van der Waals surface area contributed by atoms with Gasteiger partial charge in [-0.15, -0.1) is 0 Å². The van der Waals surface area contributed by atoms with Gasteiger partial charge in [-0.25, -0.2) is 8.42 Å². The van der Waals surface area contributed by atoms with E-state index in [1.54, 1.807) is 10.9 Å². The molecule has 0 radical (unpaired) electrons. The molecule has 1 aliphatic carbocycles. The van der Waals surface area contributed by atoms with Crippen LogP contribution in [0.4, 0.5) is 0 Å². The monoisotopic (exact) mass is 437 g/mol. The van der Waals surface area contributed by atoms with Crippen LogP contribution in [0.2, 0.25) is 0 Å². The van der Waals surface area contributed by atoms with E-state index in [1.807, 2.05) is 6.92 Å². The molecule has 4 rings (SSSR count). The van der Waals surface area contributed by atoms with E-state index in [4.69, 9.17) is 9.26 Å². The molecule has 0 N–H and O–H groups in total. The highest BCUT2D eigenvalue weighted by Crippen LogP contribution is 2.34. The van der Waals surface area contributed by atoms with E-state index in [0.717, 1.165) is 19.4 Å². The second kappa shape index (κ2) is 9.57. The molecule has 2 aromatic heterocycles. The van der Waals surface area contributed by atoms with Gasteiger partial charge in [-0.3, -0.25) is 4.68 Å². The highest BCUT2D eigenvalue weighted by Gasteiger charge is 2.38. The van der Waals surface area contributed by atoms with Crippen LogP contribution >= 0.6 is 0 Å². The summed E-state index contributed by atoms with van der Waals surface area (Å²) in [7, 11) is -3.67. The Morgan fingerprint density at radius 3 is 2.77 bits per heavy atom. The van der Waals surface area contributed by atoms with Gasteiger partial charge in [-0.2, -0.15) is 14.4 Å². The van der Waals surface area contributed by atoms with Crippen molar-refractivity contribution in [1.82, 2.24) is 24.2 Å². The average Bonchev–Trinajstić information content (AvgIpc) is 3.53. The molecular formula is C20H31N5O4S. The third-order valence-electron chi connectivity index (χ3n) is 6.06. The van der Waals surface area contributed by atoms with Crippen molar-refractivity contribution in [3.63, 3.8) is 0 Å². The first-order valence-electron chi connectivity index (χ1n) is 11.0. The van der Waals surface area contributed by atoms with Gasteiger partial charge in [-0.1, -0.05) is 24.4 Å². The lowest BCUT2D eigenvalue weighted by molar-refractivity contribution is 0.102. The van der Waals surface area contributed by atoms with Gasteiger partial charge in [0.15, 0.2) is 5.82 Å². The molecule has 1 unspecified atom stereocenters. The van der Waals surface area contributed by atoms with Crippen LogP contribution in [0.1, 0.15) is 69.6 Å². The van der Waals surface area contributed by atoms with Gasteiger partial charge >= 0.3 is 0 Å². The van der Waals surface area contributed by atoms with E-state index in [2.05, 4.69) is 15.2 Å². The number of hydrogen-bond acceptors (Lipinski definition) is 7. The topological polar surface area (TPSA) is 103 Å². The maximum Gasteiger partial charge on any atom is 0.246 e. The van der Waals surface area contributed by atoms with Gasteiger partial charge in [0, 0.05) is 32.3 Å². The summed E-state index contributed by atoms with van der Waals surface area (Å²) in [6.07, 6.45) is 11.1. The zero-order chi connectivity index (χ0) is 21.0. The summed E-state index contributed by atoms with van der Waals surface area (Å²) in [4.78, 5) is 4.70. The number of piperidine rings is 1. The van der Waals surface area contributed by atoms with Crippen LogP contribution in [0.15, 0.2) is 21.8 Å². The Morgan fingerprint density at radius 2 is 2.00 bits per heavy atom. The summed E-state index contributed by atoms with van der Waals surface area (Å²) in [5, 5.41) is 8.18. The molecule has 2 fully saturated rings. The van der Waals surface area contributed by atoms with Crippen LogP contribution in [-0.2, 0) is 27.7 Å². The molecule has 10 heteroatoms. The molecular weight excluding hydrogens is 406 g/mol. The van der Waals surface area contributed by atoms with Gasteiger partial charge in [-0.05, 0) is 38.5 Å². The number of sulfonamides is 1. The van der Waals surface area contributed by atoms with Gasteiger partial charge < -0.3 is 9.26 Å². The Balaban J connectivity index is 1.40. The molecule has 0 bridgehead atoms. The summed E-state index contributed by atoms with van der Waals surface area (Å²) in [6.45, 7) is 4.33. The lowest BCUT2D eigenvalue weighted by Gasteiger charge is -2.31. The van der Waals surface area contributed by atoms with E-state index >= 15 is 0 Å². The zero-order valence-corrected chi connectivity index (χ0v) is 18.4. The second-order valence-corrected chi connectivity index (χ2v) is 10.1. The van der Waals surface area contributed by atoms with Crippen LogP contribution in [-0.4, -0.2) is 52.4 Å². The van der Waals surface area contributed by atoms with Gasteiger partial charge in [0.05, 0.1) is 12.8 Å². The first kappa shape index (κ1) is 21.5. The molecule has 9 nitrogen and oxygen atoms in total. The highest BCUT2D eigenvalue weighted by molar-refractivity contribution is 7.89. The average molecular weight is 438 g/mol. The standard InChI is InChI=1S/C20H31N5O4S/c1-2-24-14-17(13-21-24)30(26,27)25-11-6-5-9-18(25)20-22-19(23-29-20)10-12-28-15-16-7-3-4-8-16/h13-14,16,18H,2-12,15H2,1H3. The van der Waals surface area contributed by atoms with Crippen LogP contribution in [0, 0.1) is 5.92 Å². The van der Waals surface area contributed by atoms with E-state index in [1.165, 1.54) is 36.2 Å². The van der Waals surface area contributed by atoms with E-state index in [0.29, 0.717) is 50.2 Å². The maximum atomic E-state index is 13.2. The van der Waals surface area contributed by atoms with Crippen molar-refractivity contribution >= 4 is 10.0 Å². The minimum absolute atomic E-state index is 0.205. The van der Waals surface area contributed by atoms with Crippen LogP contribution < -0.4 is 0 Å². The van der Waals surface area contributed by atoms with Crippen LogP contribution in [0.25, 0.3) is 0 Å². The molecule has 30 heavy (non-hydrogen) atoms. The smallest absolute Gasteiger partial charge is 0.246 e. The molecule has 0 aromatic carbocycles. The van der Waals surface area contributed by atoms with Crippen molar-refractivity contribution in [3.8, 4) is 0 Å². The normalized spacial score (nSPS) is 21.4. The Bertz CT molecular complexity index is 919. The predicted molar refractivity (Wildman–Crippen MR) is 109 cm³/mol. The molecule has 1 aliphatic heterocycles. The van der Waals surface area contributed by atoms with Crippen molar-refractivity contribution < 1.29 is 17.7 Å². The molecule has 166 valence electrons. The second-order valence-electron chi connectivity index (χ2n) is 8.18. The Morgan fingerprint density at radius 1 is 1.20 bits per heavy atom. The number of aryl methyl sites for hydroxylation is 1. The number of hydrogen-bond donors (Lipinski definition) is 0. The number of rotatable bonds is 9. The van der Waals surface area contributed by atoms with Crippen LogP contribution in [0.3, 0.4) is 0 Å². The quantitative estimate of drug-likeness (QED) is 0.556. The minimum Gasteiger partial charge on any atom is -0.381 e. The Labute approximate surface area is 177 Å². The first-order valence-corrected chi connectivity index (χ1v) is 12.5. The van der Waals surface area contributed by atoms with Crippen LogP contribution in [0.5, 0.6) is 0 Å². The van der Waals surface area contributed by atoms with Crippen molar-refractivity contribution in [1.29, 1.82) is 0 Å². The summed E-state index contributed by atoms with van der Waals surface area (Å²) >= 11 is 0. The largest absolute Gasteiger partial charge is 0.381 e. The summed E-state index contributed by atoms with van der Waals surface area (Å²) in [5.74, 6) is 1.62. The molecule has 1 saturated carbocycles. The third kappa shape index (κ3) is 4.76. The van der Waals surface area contributed by atoms with Crippen molar-refractivity contribution in [2.75, 3.05) is 19.8 Å². The van der Waals surface area contributed by atoms with Crippen molar-refractivity contribution in [3.05, 3.63) is 24.1 Å². The molecule has 1 saturated heterocycles. The third-order valence-corrected chi connectivity index (χ3v) is 7.92. The number of aromatic nitrogens is 4. The first-order chi connectivity index (χ1) is 14.6. The van der Waals surface area contributed by atoms with Gasteiger partial charge in [0.2, 0.25) is 15.9 Å². The molecule has 0 spiro atoms. The molecule has 2 aliphatic rings. The molecule has 3 heterocycles. The lowest BCUT2D eigenvalue weighted by atomic mass is 10.1. The highest BCUT2D eigenvalue weighted by atomic mass is 32.2. The molecule has 2 aromatic rings. The fourth-order valence-electron chi connectivity index (χ4n) is 4.32. The summed E-state index contributed by atoms with van der Waals surface area (Å²) in [5.41, 5.74) is 0. The van der Waals surface area contributed by atoms with Crippen molar-refractivity contribution in [2.24, 2.45) is 5.92 Å². The summed E-state index contributed by atoms with van der Waals surface area (Å²) < 4.78 is 40.8. The molecule has 1 atom stereocenters. The molecule has 0 amide bonds. The number of ether oxygens (including phenoxy) is 1. The fourth-order valence-corrected chi connectivity index (χ4v) is 5.93. The Hall–Kier alpha value is -1.78. The zero-order valence-electron chi connectivity index (χ0n) is 17.6. The van der Waals surface area contributed by atoms with Crippen molar-refractivity contribution in [2.45, 2.75) is 75.8 Å². The Kier molecular flexibility index (Phi) is 6.84. The minimum atomic E-state index is -3.67. The number of nitrogens with zero attached hydrogens (tertiary/aromatic N) is 5. The lowest BCUT2D eigenvalue weighted by Crippen LogP contribution is -2.38. The van der Waals surface area contributed by atoms with E-state index in [-0.39, 0.29) is 4.90 Å². The van der Waals surface area contributed by atoms with E-state index < -0.39 is 16.1 Å². The predicted octanol–water partition coefficient (Wildman–Crippen LogP) is 2.95. The van der Waals surface area contributed by atoms with E-state index in [9.17, 15) is 8.42 Å². The SMILES string of the molecule is CCn1cc(S(=O)(=O)N2CCCCC2c2nc(CCOCC3CCCC3)no2)cn1. The summed E-state index contributed by atoms with van der Waals surface area (Å²) in [6, 6.07) is -0.436.